The van der Waals surface area contributed by atoms with Crippen LogP contribution < -0.4 is 27.9 Å². The third kappa shape index (κ3) is 4.99. The van der Waals surface area contributed by atoms with Gasteiger partial charge >= 0.3 is 5.97 Å². The molecule has 0 saturated heterocycles. The van der Waals surface area contributed by atoms with E-state index in [1.165, 1.54) is 46.2 Å². The van der Waals surface area contributed by atoms with Gasteiger partial charge in [0.25, 0.3) is 5.56 Å². The summed E-state index contributed by atoms with van der Waals surface area (Å²) < 4.78 is 1.33. The van der Waals surface area contributed by atoms with E-state index in [-0.39, 0.29) is 29.1 Å². The van der Waals surface area contributed by atoms with Crippen LogP contribution in [0.15, 0.2) is 71.3 Å². The summed E-state index contributed by atoms with van der Waals surface area (Å²) in [6.45, 7) is 2.00. The molecule has 0 aliphatic rings. The average Bonchev–Trinajstić information content (AvgIpc) is 2.77. The molecule has 1 aromatic heterocycles. The van der Waals surface area contributed by atoms with Gasteiger partial charge in [-0.15, -0.1) is 0 Å². The predicted octanol–water partition coefficient (Wildman–Crippen LogP) is 1.43. The lowest BCUT2D eigenvalue weighted by molar-refractivity contribution is 0.0697. The topological polar surface area (TPSA) is 177 Å². The van der Waals surface area contributed by atoms with Gasteiger partial charge in [-0.2, -0.15) is 5.10 Å². The molecular weight excluding hydrogens is 410 g/mol. The number of aryl methyl sites for hydroxylation is 1. The van der Waals surface area contributed by atoms with E-state index in [2.05, 4.69) is 5.10 Å². The first-order valence-electron chi connectivity index (χ1n) is 9.52. The van der Waals surface area contributed by atoms with E-state index in [9.17, 15) is 9.59 Å². The molecular formula is C22H23N7O3. The molecule has 0 fully saturated rings. The first kappa shape index (κ1) is 22.2. The Balaban J connectivity index is 1.84. The lowest BCUT2D eigenvalue weighted by atomic mass is 10.0. The van der Waals surface area contributed by atoms with Gasteiger partial charge < -0.3 is 16.6 Å². The average molecular weight is 433 g/mol. The van der Waals surface area contributed by atoms with Crippen LogP contribution in [0.25, 0.3) is 0 Å². The van der Waals surface area contributed by atoms with Gasteiger partial charge in [-0.1, -0.05) is 6.07 Å². The first-order chi connectivity index (χ1) is 15.2. The summed E-state index contributed by atoms with van der Waals surface area (Å²) in [6, 6.07) is 14.0. The lowest BCUT2D eigenvalue weighted by Gasteiger charge is -2.16. The molecule has 0 bridgehead atoms. The van der Waals surface area contributed by atoms with Crippen LogP contribution in [-0.4, -0.2) is 26.6 Å². The van der Waals surface area contributed by atoms with Gasteiger partial charge in [0.05, 0.1) is 34.9 Å². The smallest absolute Gasteiger partial charge is 0.335 e. The zero-order valence-corrected chi connectivity index (χ0v) is 17.3. The number of nitrogens with one attached hydrogen (secondary N) is 1. The van der Waals surface area contributed by atoms with Gasteiger partial charge in [-0.25, -0.2) is 15.3 Å². The number of nitrogen functional groups attached to an aromatic ring is 1. The molecule has 3 rings (SSSR count). The fourth-order valence-corrected chi connectivity index (χ4v) is 2.98. The SMILES string of the molecule is Cc1ccc(=O)n(Cc2ccc(N)c(C(=N)/C(N)=C/N(N)c3ccc(C(=O)O)cc3)c2)n1. The number of anilines is 2. The minimum atomic E-state index is -1.05. The number of rotatable bonds is 7. The fourth-order valence-electron chi connectivity index (χ4n) is 2.98. The van der Waals surface area contributed by atoms with Crippen LogP contribution in [0.2, 0.25) is 0 Å². The summed E-state index contributed by atoms with van der Waals surface area (Å²) >= 11 is 0. The second-order valence-electron chi connectivity index (χ2n) is 7.11. The number of carbonyl (C=O) groups is 1. The number of benzene rings is 2. The van der Waals surface area contributed by atoms with Crippen molar-refractivity contribution in [1.29, 1.82) is 5.41 Å². The highest BCUT2D eigenvalue weighted by Crippen LogP contribution is 2.19. The molecule has 0 saturated carbocycles. The highest BCUT2D eigenvalue weighted by atomic mass is 16.4. The van der Waals surface area contributed by atoms with Crippen molar-refractivity contribution in [3.05, 3.63) is 99.2 Å². The highest BCUT2D eigenvalue weighted by Gasteiger charge is 2.12. The van der Waals surface area contributed by atoms with Crippen LogP contribution in [0, 0.1) is 12.3 Å². The van der Waals surface area contributed by atoms with E-state index in [0.717, 1.165) is 5.56 Å². The van der Waals surface area contributed by atoms with Gasteiger partial charge in [0.15, 0.2) is 0 Å². The summed E-state index contributed by atoms with van der Waals surface area (Å²) in [6.07, 6.45) is 1.34. The van der Waals surface area contributed by atoms with Crippen molar-refractivity contribution in [3.8, 4) is 0 Å². The molecule has 8 N–H and O–H groups in total. The van der Waals surface area contributed by atoms with Gasteiger partial charge in [0.1, 0.15) is 0 Å². The van der Waals surface area contributed by atoms with Crippen LogP contribution in [0.1, 0.15) is 27.2 Å². The third-order valence-corrected chi connectivity index (χ3v) is 4.70. The molecule has 0 spiro atoms. The van der Waals surface area contributed by atoms with E-state index >= 15 is 0 Å². The Morgan fingerprint density at radius 3 is 2.53 bits per heavy atom. The van der Waals surface area contributed by atoms with Crippen LogP contribution >= 0.6 is 0 Å². The molecule has 0 aliphatic heterocycles. The zero-order chi connectivity index (χ0) is 23.4. The van der Waals surface area contributed by atoms with Crippen molar-refractivity contribution in [2.75, 3.05) is 10.7 Å². The summed E-state index contributed by atoms with van der Waals surface area (Å²) in [5.74, 6) is 4.95. The van der Waals surface area contributed by atoms with E-state index in [1.54, 1.807) is 31.2 Å². The Labute approximate surface area is 183 Å². The number of hydrazine groups is 1. The normalized spacial score (nSPS) is 11.2. The minimum absolute atomic E-state index is 0.0458. The number of allylic oxidation sites excluding steroid dienone is 1. The fraction of sp³-hybridized carbons (Fsp3) is 0.0909. The molecule has 164 valence electrons. The number of hydrogen-bond acceptors (Lipinski definition) is 8. The number of carboxylic acids is 1. The number of hydrogen-bond donors (Lipinski definition) is 5. The summed E-state index contributed by atoms with van der Waals surface area (Å²) in [5, 5.41) is 22.8. The Morgan fingerprint density at radius 2 is 1.88 bits per heavy atom. The molecule has 2 aromatic carbocycles. The molecule has 32 heavy (non-hydrogen) atoms. The Hall–Kier alpha value is -4.44. The van der Waals surface area contributed by atoms with Crippen LogP contribution in [0.4, 0.5) is 11.4 Å². The van der Waals surface area contributed by atoms with Crippen LogP contribution in [0.3, 0.4) is 0 Å². The van der Waals surface area contributed by atoms with Gasteiger partial charge in [-0.3, -0.25) is 15.2 Å². The van der Waals surface area contributed by atoms with Gasteiger partial charge in [0.2, 0.25) is 0 Å². The van der Waals surface area contributed by atoms with Crippen molar-refractivity contribution < 1.29 is 9.90 Å². The minimum Gasteiger partial charge on any atom is -0.478 e. The van der Waals surface area contributed by atoms with Gasteiger partial charge in [-0.05, 0) is 55.0 Å². The molecule has 1 heterocycles. The number of nitrogens with zero attached hydrogens (tertiary/aromatic N) is 3. The predicted molar refractivity (Wildman–Crippen MR) is 122 cm³/mol. The van der Waals surface area contributed by atoms with Crippen molar-refractivity contribution in [1.82, 2.24) is 9.78 Å². The first-order valence-corrected chi connectivity index (χ1v) is 9.52. The molecule has 0 atom stereocenters. The van der Waals surface area contributed by atoms with E-state index in [0.29, 0.717) is 22.6 Å². The lowest BCUT2D eigenvalue weighted by Crippen LogP contribution is -2.28. The maximum absolute atomic E-state index is 12.0. The van der Waals surface area contributed by atoms with Crippen molar-refractivity contribution in [3.63, 3.8) is 0 Å². The van der Waals surface area contributed by atoms with E-state index in [1.807, 2.05) is 0 Å². The molecule has 0 amide bonds. The Morgan fingerprint density at radius 1 is 1.19 bits per heavy atom. The molecule has 0 aliphatic carbocycles. The summed E-state index contributed by atoms with van der Waals surface area (Å²) in [5.41, 5.74) is 14.7. The maximum atomic E-state index is 12.0. The quantitative estimate of drug-likeness (QED) is 0.161. The number of carboxylic acid groups (broad SMARTS) is 1. The second kappa shape index (κ2) is 9.14. The Bertz CT molecular complexity index is 1260. The standard InChI is InChI=1S/C22H23N7O3/c1-13-2-9-20(30)29(27-13)11-14-3-8-18(23)17(10-14)21(25)19(24)12-28(26)16-6-4-15(5-7-16)22(31)32/h2-10,12,25H,11,23-24,26H2,1H3,(H,31,32)/b19-12-,25-21?. The number of nitrogens with two attached hydrogens (primary N) is 3. The van der Waals surface area contributed by atoms with Crippen molar-refractivity contribution in [2.24, 2.45) is 11.6 Å². The molecule has 3 aromatic rings. The number of aromatic nitrogens is 2. The number of aromatic carboxylic acids is 1. The molecule has 10 heteroatoms. The largest absolute Gasteiger partial charge is 0.478 e. The molecule has 10 nitrogen and oxygen atoms in total. The highest BCUT2D eigenvalue weighted by molar-refractivity contribution is 6.13. The van der Waals surface area contributed by atoms with Crippen LogP contribution in [-0.2, 0) is 6.54 Å². The van der Waals surface area contributed by atoms with Gasteiger partial charge in [0, 0.05) is 23.5 Å². The van der Waals surface area contributed by atoms with Crippen LogP contribution in [0.5, 0.6) is 0 Å². The zero-order valence-electron chi connectivity index (χ0n) is 17.3. The Kier molecular flexibility index (Phi) is 6.36. The molecule has 0 radical (unpaired) electrons. The van der Waals surface area contributed by atoms with Crippen molar-refractivity contribution >= 4 is 23.1 Å². The van der Waals surface area contributed by atoms with E-state index in [4.69, 9.17) is 27.8 Å². The second-order valence-corrected chi connectivity index (χ2v) is 7.11. The van der Waals surface area contributed by atoms with Crippen molar-refractivity contribution in [2.45, 2.75) is 13.5 Å². The summed E-state index contributed by atoms with van der Waals surface area (Å²) in [4.78, 5) is 23.0. The third-order valence-electron chi connectivity index (χ3n) is 4.70. The molecule has 0 unspecified atom stereocenters. The van der Waals surface area contributed by atoms with E-state index < -0.39 is 5.97 Å². The summed E-state index contributed by atoms with van der Waals surface area (Å²) in [7, 11) is 0. The maximum Gasteiger partial charge on any atom is 0.335 e. The monoisotopic (exact) mass is 433 g/mol.